The second-order valence-corrected chi connectivity index (χ2v) is 7.01. The number of nitrogens with one attached hydrogen (secondary N) is 1. The van der Waals surface area contributed by atoms with E-state index in [2.05, 4.69) is 5.32 Å². The number of fused-ring (bicyclic) bond motifs is 2. The van der Waals surface area contributed by atoms with E-state index in [1.807, 2.05) is 18.2 Å². The highest BCUT2D eigenvalue weighted by Crippen LogP contribution is 2.31. The first-order chi connectivity index (χ1) is 14.0. The third-order valence-electron chi connectivity index (χ3n) is 4.51. The molecule has 0 saturated heterocycles. The maximum atomic E-state index is 12.3. The molecule has 3 aromatic rings. The van der Waals surface area contributed by atoms with Gasteiger partial charge >= 0.3 is 5.97 Å². The van der Waals surface area contributed by atoms with Gasteiger partial charge < -0.3 is 23.9 Å². The first-order valence-corrected chi connectivity index (χ1v) is 9.40. The molecule has 0 aliphatic carbocycles. The Hall–Kier alpha value is -3.19. The molecule has 1 aliphatic heterocycles. The molecule has 1 aliphatic rings. The highest BCUT2D eigenvalue weighted by atomic mass is 35.5. The highest BCUT2D eigenvalue weighted by molar-refractivity contribution is 6.31. The van der Waals surface area contributed by atoms with Crippen LogP contribution in [0.3, 0.4) is 0 Å². The van der Waals surface area contributed by atoms with Gasteiger partial charge in [0.2, 0.25) is 5.76 Å². The lowest BCUT2D eigenvalue weighted by Crippen LogP contribution is -2.42. The van der Waals surface area contributed by atoms with Gasteiger partial charge in [0.05, 0.1) is 6.54 Å². The van der Waals surface area contributed by atoms with E-state index in [1.165, 1.54) is 0 Å². The molecule has 1 amide bonds. The number of furan rings is 1. The Labute approximate surface area is 171 Å². The topological polar surface area (TPSA) is 87.0 Å². The van der Waals surface area contributed by atoms with Gasteiger partial charge in [-0.2, -0.15) is 0 Å². The monoisotopic (exact) mass is 415 g/mol. The molecule has 0 radical (unpaired) electrons. The van der Waals surface area contributed by atoms with E-state index in [0.29, 0.717) is 34.3 Å². The summed E-state index contributed by atoms with van der Waals surface area (Å²) in [7, 11) is 0. The summed E-state index contributed by atoms with van der Waals surface area (Å²) in [5, 5.41) is 3.93. The van der Waals surface area contributed by atoms with Crippen LogP contribution >= 0.6 is 11.6 Å². The smallest absolute Gasteiger partial charge is 0.375 e. The van der Waals surface area contributed by atoms with Gasteiger partial charge in [-0.05, 0) is 37.3 Å². The second kappa shape index (κ2) is 8.05. The van der Waals surface area contributed by atoms with Crippen LogP contribution in [-0.2, 0) is 9.53 Å². The van der Waals surface area contributed by atoms with Crippen molar-refractivity contribution in [2.24, 2.45) is 0 Å². The van der Waals surface area contributed by atoms with Crippen molar-refractivity contribution in [1.82, 2.24) is 5.32 Å². The molecule has 1 atom stereocenters. The largest absolute Gasteiger partial charge is 0.486 e. The summed E-state index contributed by atoms with van der Waals surface area (Å²) in [6, 6.07) is 12.4. The fourth-order valence-corrected chi connectivity index (χ4v) is 3.20. The molecule has 0 unspecified atom stereocenters. The number of esters is 1. The van der Waals surface area contributed by atoms with Crippen LogP contribution in [0.15, 0.2) is 46.9 Å². The lowest BCUT2D eigenvalue weighted by Gasteiger charge is -2.26. The van der Waals surface area contributed by atoms with Crippen molar-refractivity contribution in [3.8, 4) is 11.5 Å². The molecular weight excluding hydrogens is 398 g/mol. The van der Waals surface area contributed by atoms with E-state index in [9.17, 15) is 9.59 Å². The quantitative estimate of drug-likeness (QED) is 0.642. The molecule has 0 bridgehead atoms. The first-order valence-electron chi connectivity index (χ1n) is 9.02. The zero-order valence-electron chi connectivity index (χ0n) is 15.6. The van der Waals surface area contributed by atoms with Gasteiger partial charge in [0, 0.05) is 16.0 Å². The average Bonchev–Trinajstić information content (AvgIpc) is 3.06. The van der Waals surface area contributed by atoms with E-state index in [-0.39, 0.29) is 18.4 Å². The van der Waals surface area contributed by atoms with Crippen molar-refractivity contribution in [2.45, 2.75) is 13.0 Å². The van der Waals surface area contributed by atoms with Crippen molar-refractivity contribution in [2.75, 3.05) is 19.8 Å². The van der Waals surface area contributed by atoms with Gasteiger partial charge in [-0.1, -0.05) is 23.7 Å². The van der Waals surface area contributed by atoms with Gasteiger partial charge in [0.25, 0.3) is 5.91 Å². The van der Waals surface area contributed by atoms with Crippen LogP contribution in [-0.4, -0.2) is 37.7 Å². The number of hydrogen-bond acceptors (Lipinski definition) is 6. The number of para-hydroxylation sites is 2. The summed E-state index contributed by atoms with van der Waals surface area (Å²) in [6.07, 6.45) is -0.327. The molecule has 0 spiro atoms. The third kappa shape index (κ3) is 4.14. The molecule has 2 aromatic carbocycles. The molecule has 150 valence electrons. The Morgan fingerprint density at radius 2 is 2.00 bits per heavy atom. The summed E-state index contributed by atoms with van der Waals surface area (Å²) in [6.45, 7) is 1.85. The van der Waals surface area contributed by atoms with E-state index >= 15 is 0 Å². The first kappa shape index (κ1) is 19.1. The van der Waals surface area contributed by atoms with Crippen molar-refractivity contribution in [3.05, 3.63) is 58.8 Å². The summed E-state index contributed by atoms with van der Waals surface area (Å²) in [5.41, 5.74) is 1.14. The minimum absolute atomic E-state index is 0.0516. The third-order valence-corrected chi connectivity index (χ3v) is 4.75. The number of hydrogen-bond donors (Lipinski definition) is 1. The lowest BCUT2D eigenvalue weighted by molar-refractivity contribution is -0.124. The van der Waals surface area contributed by atoms with Gasteiger partial charge in [0.15, 0.2) is 18.1 Å². The van der Waals surface area contributed by atoms with Crippen molar-refractivity contribution in [1.29, 1.82) is 0 Å². The molecule has 1 aromatic heterocycles. The summed E-state index contributed by atoms with van der Waals surface area (Å²) in [4.78, 5) is 24.3. The number of benzene rings is 2. The lowest BCUT2D eigenvalue weighted by atomic mass is 10.1. The summed E-state index contributed by atoms with van der Waals surface area (Å²) >= 11 is 5.98. The Morgan fingerprint density at radius 3 is 2.83 bits per heavy atom. The maximum absolute atomic E-state index is 12.3. The molecule has 0 saturated carbocycles. The number of halogens is 1. The Bertz CT molecular complexity index is 1080. The Morgan fingerprint density at radius 1 is 1.21 bits per heavy atom. The minimum Gasteiger partial charge on any atom is -0.486 e. The number of carbonyl (C=O) groups is 2. The fourth-order valence-electron chi connectivity index (χ4n) is 3.03. The molecule has 29 heavy (non-hydrogen) atoms. The zero-order valence-corrected chi connectivity index (χ0v) is 16.3. The van der Waals surface area contributed by atoms with E-state index in [0.717, 1.165) is 5.39 Å². The van der Waals surface area contributed by atoms with E-state index in [4.69, 9.17) is 30.2 Å². The molecule has 1 N–H and O–H groups in total. The number of carbonyl (C=O) groups excluding carboxylic acids is 2. The predicted molar refractivity (Wildman–Crippen MR) is 106 cm³/mol. The molecule has 7 nitrogen and oxygen atoms in total. The number of amides is 1. The van der Waals surface area contributed by atoms with Gasteiger partial charge in [-0.3, -0.25) is 4.79 Å². The van der Waals surface area contributed by atoms with Crippen LogP contribution in [0.25, 0.3) is 11.0 Å². The maximum Gasteiger partial charge on any atom is 0.375 e. The fraction of sp³-hybridized carbons (Fsp3) is 0.238. The standard InChI is InChI=1S/C21H18ClNO6/c1-12-15-8-13(22)6-7-16(15)29-20(12)21(25)27-11-19(24)23-9-14-10-26-17-4-2-3-5-18(17)28-14/h2-8,14H,9-11H2,1H3,(H,23,24)/t14-/m0/s1. The van der Waals surface area contributed by atoms with Crippen LogP contribution < -0.4 is 14.8 Å². The van der Waals surface area contributed by atoms with Gasteiger partial charge in [0.1, 0.15) is 18.3 Å². The summed E-state index contributed by atoms with van der Waals surface area (Å²) < 4.78 is 22.0. The van der Waals surface area contributed by atoms with Crippen LogP contribution in [0.4, 0.5) is 0 Å². The zero-order chi connectivity index (χ0) is 20.4. The molecular formula is C21H18ClNO6. The molecule has 2 heterocycles. The second-order valence-electron chi connectivity index (χ2n) is 6.57. The van der Waals surface area contributed by atoms with Crippen LogP contribution in [0, 0.1) is 6.92 Å². The average molecular weight is 416 g/mol. The SMILES string of the molecule is Cc1c(C(=O)OCC(=O)NC[C@H]2COc3ccccc3O2)oc2ccc(Cl)cc12. The van der Waals surface area contributed by atoms with Crippen LogP contribution in [0.2, 0.25) is 5.02 Å². The van der Waals surface area contributed by atoms with Crippen molar-refractivity contribution in [3.63, 3.8) is 0 Å². The summed E-state index contributed by atoms with van der Waals surface area (Å²) in [5.74, 6) is 0.195. The molecule has 4 rings (SSSR count). The highest BCUT2D eigenvalue weighted by Gasteiger charge is 2.23. The Kier molecular flexibility index (Phi) is 5.31. The van der Waals surface area contributed by atoms with Crippen molar-refractivity contribution < 1.29 is 28.2 Å². The number of ether oxygens (including phenoxy) is 3. The van der Waals surface area contributed by atoms with Crippen molar-refractivity contribution >= 4 is 34.4 Å². The normalized spacial score (nSPS) is 15.2. The Balaban J connectivity index is 1.29. The minimum atomic E-state index is -0.712. The molecule has 0 fully saturated rings. The van der Waals surface area contributed by atoms with Crippen LogP contribution in [0.5, 0.6) is 11.5 Å². The number of rotatable bonds is 5. The van der Waals surface area contributed by atoms with E-state index < -0.39 is 18.5 Å². The van der Waals surface area contributed by atoms with Gasteiger partial charge in [-0.25, -0.2) is 4.79 Å². The molecule has 8 heteroatoms. The number of aryl methyl sites for hydroxylation is 1. The van der Waals surface area contributed by atoms with Gasteiger partial charge in [-0.15, -0.1) is 0 Å². The predicted octanol–water partition coefficient (Wildman–Crippen LogP) is 3.51. The van der Waals surface area contributed by atoms with Crippen LogP contribution in [0.1, 0.15) is 16.1 Å². The van der Waals surface area contributed by atoms with E-state index in [1.54, 1.807) is 31.2 Å².